The van der Waals surface area contributed by atoms with E-state index in [0.29, 0.717) is 25.4 Å². The normalized spacial score (nSPS) is 16.6. The third-order valence-electron chi connectivity index (χ3n) is 3.58. The van der Waals surface area contributed by atoms with E-state index < -0.39 is 5.60 Å². The van der Waals surface area contributed by atoms with E-state index in [1.807, 2.05) is 25.1 Å². The molecule has 0 spiro atoms. The summed E-state index contributed by atoms with van der Waals surface area (Å²) in [4.78, 5) is 13.6. The number of nitrogens with zero attached hydrogens (tertiary/aromatic N) is 1. The van der Waals surface area contributed by atoms with Crippen molar-refractivity contribution in [2.24, 2.45) is 5.73 Å². The van der Waals surface area contributed by atoms with E-state index in [-0.39, 0.29) is 12.5 Å². The summed E-state index contributed by atoms with van der Waals surface area (Å²) in [6.07, 6.45) is 1.65. The smallest absolute Gasteiger partial charge is 0.260 e. The maximum Gasteiger partial charge on any atom is 0.260 e. The molecule has 0 aromatic heterocycles. The molecule has 0 atom stereocenters. The van der Waals surface area contributed by atoms with Crippen molar-refractivity contribution >= 4 is 5.91 Å². The van der Waals surface area contributed by atoms with Crippen molar-refractivity contribution in [1.29, 1.82) is 0 Å². The van der Waals surface area contributed by atoms with Crippen LogP contribution in [0.15, 0.2) is 24.3 Å². The molecule has 0 saturated carbocycles. The number of likely N-dealkylation sites (tertiary alicyclic amines) is 1. The predicted molar refractivity (Wildman–Crippen MR) is 76.3 cm³/mol. The van der Waals surface area contributed by atoms with Crippen LogP contribution in [0.4, 0.5) is 0 Å². The lowest BCUT2D eigenvalue weighted by molar-refractivity contribution is -0.158. The zero-order valence-corrected chi connectivity index (χ0v) is 11.8. The molecule has 5 heteroatoms. The van der Waals surface area contributed by atoms with Crippen LogP contribution < -0.4 is 10.5 Å². The summed E-state index contributed by atoms with van der Waals surface area (Å²) in [5.41, 5.74) is 5.80. The number of benzene rings is 1. The van der Waals surface area contributed by atoms with Gasteiger partial charge in [0.25, 0.3) is 5.91 Å². The summed E-state index contributed by atoms with van der Waals surface area (Å²) >= 11 is 0. The van der Waals surface area contributed by atoms with Crippen molar-refractivity contribution in [3.63, 3.8) is 0 Å². The van der Waals surface area contributed by atoms with Gasteiger partial charge in [0, 0.05) is 12.1 Å². The van der Waals surface area contributed by atoms with Gasteiger partial charge in [-0.25, -0.2) is 0 Å². The van der Waals surface area contributed by atoms with E-state index in [2.05, 4.69) is 0 Å². The summed E-state index contributed by atoms with van der Waals surface area (Å²) in [5, 5.41) is 10.0. The Kier molecular flexibility index (Phi) is 4.62. The predicted octanol–water partition coefficient (Wildman–Crippen LogP) is 0.898. The Morgan fingerprint density at radius 3 is 2.80 bits per heavy atom. The molecule has 1 aromatic rings. The maximum absolute atomic E-state index is 11.9. The number of carbonyl (C=O) groups excluding carboxylic acids is 1. The minimum Gasteiger partial charge on any atom is -0.483 e. The highest BCUT2D eigenvalue weighted by molar-refractivity contribution is 5.79. The van der Waals surface area contributed by atoms with Crippen molar-refractivity contribution < 1.29 is 14.6 Å². The van der Waals surface area contributed by atoms with E-state index in [1.165, 1.54) is 0 Å². The highest BCUT2D eigenvalue weighted by atomic mass is 16.5. The van der Waals surface area contributed by atoms with Crippen LogP contribution in [0.1, 0.15) is 25.3 Å². The van der Waals surface area contributed by atoms with Crippen molar-refractivity contribution in [3.8, 4) is 5.75 Å². The topological polar surface area (TPSA) is 75.8 Å². The quantitative estimate of drug-likeness (QED) is 0.810. The van der Waals surface area contributed by atoms with Gasteiger partial charge in [-0.3, -0.25) is 4.79 Å². The Morgan fingerprint density at radius 2 is 2.15 bits per heavy atom. The van der Waals surface area contributed by atoms with E-state index in [0.717, 1.165) is 18.4 Å². The van der Waals surface area contributed by atoms with Crippen LogP contribution in [0.25, 0.3) is 0 Å². The van der Waals surface area contributed by atoms with Gasteiger partial charge in [-0.2, -0.15) is 0 Å². The first kappa shape index (κ1) is 14.8. The fraction of sp³-hybridized carbons (Fsp3) is 0.533. The molecule has 3 N–H and O–H groups in total. The lowest BCUT2D eigenvalue weighted by Crippen LogP contribution is -2.64. The molecule has 0 aliphatic carbocycles. The van der Waals surface area contributed by atoms with E-state index in [1.54, 1.807) is 11.0 Å². The molecule has 1 heterocycles. The van der Waals surface area contributed by atoms with Crippen molar-refractivity contribution in [1.82, 2.24) is 4.90 Å². The number of ether oxygens (including phenoxy) is 1. The summed E-state index contributed by atoms with van der Waals surface area (Å²) in [6, 6.07) is 7.42. The first-order chi connectivity index (χ1) is 9.58. The van der Waals surface area contributed by atoms with Crippen LogP contribution >= 0.6 is 0 Å². The van der Waals surface area contributed by atoms with Crippen molar-refractivity contribution in [3.05, 3.63) is 29.8 Å². The minimum absolute atomic E-state index is 0.0147. The number of rotatable bonds is 6. The summed E-state index contributed by atoms with van der Waals surface area (Å²) < 4.78 is 5.52. The summed E-state index contributed by atoms with van der Waals surface area (Å²) in [7, 11) is 0. The second kappa shape index (κ2) is 6.24. The van der Waals surface area contributed by atoms with Crippen LogP contribution in [0, 0.1) is 0 Å². The number of nitrogens with two attached hydrogens (primary N) is 1. The molecule has 1 amide bonds. The van der Waals surface area contributed by atoms with Crippen LogP contribution in [0.2, 0.25) is 0 Å². The Morgan fingerprint density at radius 1 is 1.45 bits per heavy atom. The summed E-state index contributed by atoms with van der Waals surface area (Å²) in [5.74, 6) is 0.547. The minimum atomic E-state index is -0.695. The maximum atomic E-state index is 11.9. The molecule has 5 nitrogen and oxygen atoms in total. The molecule has 110 valence electrons. The highest BCUT2D eigenvalue weighted by Gasteiger charge is 2.42. The Labute approximate surface area is 119 Å². The second-order valence-corrected chi connectivity index (χ2v) is 5.32. The molecule has 1 fully saturated rings. The third kappa shape index (κ3) is 3.29. The van der Waals surface area contributed by atoms with Gasteiger partial charge in [-0.05, 0) is 12.5 Å². The Hall–Kier alpha value is -1.59. The molecular weight excluding hydrogens is 256 g/mol. The number of hydrogen-bond acceptors (Lipinski definition) is 4. The van der Waals surface area contributed by atoms with Gasteiger partial charge in [0.1, 0.15) is 5.75 Å². The highest BCUT2D eigenvalue weighted by Crippen LogP contribution is 2.26. The number of para-hydroxylation sites is 1. The summed E-state index contributed by atoms with van der Waals surface area (Å²) in [6.45, 7) is 3.20. The zero-order valence-electron chi connectivity index (χ0n) is 11.8. The molecule has 1 saturated heterocycles. The molecule has 1 aliphatic rings. The first-order valence-electron chi connectivity index (χ1n) is 6.99. The van der Waals surface area contributed by atoms with Crippen molar-refractivity contribution in [2.75, 3.05) is 19.7 Å². The number of amides is 1. The number of aliphatic hydroxyl groups is 1. The van der Waals surface area contributed by atoms with Crippen molar-refractivity contribution in [2.45, 2.75) is 31.9 Å². The van der Waals surface area contributed by atoms with Crippen LogP contribution in [-0.4, -0.2) is 41.2 Å². The molecule has 0 radical (unpaired) electrons. The SMILES string of the molecule is CCCC1(O)CN(C(=O)COc2ccccc2CN)C1. The second-order valence-electron chi connectivity index (χ2n) is 5.32. The molecule has 1 aromatic carbocycles. The Bertz CT molecular complexity index is 470. The molecule has 2 rings (SSSR count). The number of hydrogen-bond donors (Lipinski definition) is 2. The van der Waals surface area contributed by atoms with Crippen LogP contribution in [0.3, 0.4) is 0 Å². The first-order valence-corrected chi connectivity index (χ1v) is 6.99. The molecule has 0 unspecified atom stereocenters. The van der Waals surface area contributed by atoms with E-state index in [9.17, 15) is 9.90 Å². The van der Waals surface area contributed by atoms with Gasteiger partial charge in [-0.15, -0.1) is 0 Å². The molecule has 20 heavy (non-hydrogen) atoms. The molecular formula is C15H22N2O3. The lowest BCUT2D eigenvalue weighted by atomic mass is 9.89. The number of β-amino-alcohol motifs (C(OH)–C–C–N with tert-alkyl or cyclic N) is 1. The number of carbonyl (C=O) groups is 1. The Balaban J connectivity index is 1.82. The standard InChI is InChI=1S/C15H22N2O3/c1-2-7-15(19)10-17(11-15)14(18)9-20-13-6-4-3-5-12(13)8-16/h3-6,19H,2,7-11,16H2,1H3. The van der Waals surface area contributed by atoms with Gasteiger partial charge >= 0.3 is 0 Å². The average Bonchev–Trinajstić information content (AvgIpc) is 2.42. The average molecular weight is 278 g/mol. The van der Waals surface area contributed by atoms with Crippen LogP contribution in [-0.2, 0) is 11.3 Å². The van der Waals surface area contributed by atoms with Gasteiger partial charge < -0.3 is 20.5 Å². The zero-order chi connectivity index (χ0) is 14.6. The van der Waals surface area contributed by atoms with E-state index in [4.69, 9.17) is 10.5 Å². The lowest BCUT2D eigenvalue weighted by Gasteiger charge is -2.46. The third-order valence-corrected chi connectivity index (χ3v) is 3.58. The van der Waals surface area contributed by atoms with Gasteiger partial charge in [0.15, 0.2) is 6.61 Å². The van der Waals surface area contributed by atoms with Gasteiger partial charge in [0.2, 0.25) is 0 Å². The molecule has 0 bridgehead atoms. The largest absolute Gasteiger partial charge is 0.483 e. The monoisotopic (exact) mass is 278 g/mol. The molecule has 1 aliphatic heterocycles. The van der Waals surface area contributed by atoms with Crippen LogP contribution in [0.5, 0.6) is 5.75 Å². The fourth-order valence-corrected chi connectivity index (χ4v) is 2.51. The van der Waals surface area contributed by atoms with Gasteiger partial charge in [0.05, 0.1) is 18.7 Å². The van der Waals surface area contributed by atoms with E-state index >= 15 is 0 Å². The van der Waals surface area contributed by atoms with Gasteiger partial charge in [-0.1, -0.05) is 31.5 Å². The fourth-order valence-electron chi connectivity index (χ4n) is 2.51.